The van der Waals surface area contributed by atoms with Crippen molar-refractivity contribution in [1.29, 1.82) is 0 Å². The van der Waals surface area contributed by atoms with Crippen LogP contribution in [-0.2, 0) is 9.47 Å². The fraction of sp³-hybridized carbons (Fsp3) is 1.00. The van der Waals surface area contributed by atoms with Gasteiger partial charge in [0.05, 0.1) is 12.7 Å². The first kappa shape index (κ1) is 11.4. The molecule has 2 heterocycles. The SMILES string of the molecule is CC1(C)CNC(C)(C2CCCCO2)OC1. The van der Waals surface area contributed by atoms with Crippen molar-refractivity contribution in [2.24, 2.45) is 5.41 Å². The molecule has 15 heavy (non-hydrogen) atoms. The van der Waals surface area contributed by atoms with Gasteiger partial charge in [-0.15, -0.1) is 0 Å². The van der Waals surface area contributed by atoms with Crippen molar-refractivity contribution in [3.63, 3.8) is 0 Å². The van der Waals surface area contributed by atoms with Crippen LogP contribution in [0.2, 0.25) is 0 Å². The largest absolute Gasteiger partial charge is 0.374 e. The Morgan fingerprint density at radius 1 is 1.20 bits per heavy atom. The minimum atomic E-state index is -0.268. The number of rotatable bonds is 1. The molecule has 88 valence electrons. The highest BCUT2D eigenvalue weighted by atomic mass is 16.6. The number of nitrogens with one attached hydrogen (secondary N) is 1. The van der Waals surface area contributed by atoms with Crippen LogP contribution < -0.4 is 5.32 Å². The molecule has 0 saturated carbocycles. The molecular formula is C12H23NO2. The van der Waals surface area contributed by atoms with Crippen LogP contribution in [0.15, 0.2) is 0 Å². The van der Waals surface area contributed by atoms with E-state index in [0.717, 1.165) is 26.2 Å². The van der Waals surface area contributed by atoms with Gasteiger partial charge in [0.2, 0.25) is 0 Å². The molecule has 0 aliphatic carbocycles. The second kappa shape index (κ2) is 4.04. The van der Waals surface area contributed by atoms with Gasteiger partial charge in [0.25, 0.3) is 0 Å². The second-order valence-electron chi connectivity index (χ2n) is 5.77. The van der Waals surface area contributed by atoms with Crippen LogP contribution in [0.5, 0.6) is 0 Å². The first-order valence-corrected chi connectivity index (χ1v) is 6.02. The van der Waals surface area contributed by atoms with Crippen LogP contribution in [0, 0.1) is 5.41 Å². The Kier molecular flexibility index (Phi) is 3.06. The number of hydrogen-bond donors (Lipinski definition) is 1. The molecule has 2 rings (SSSR count). The Labute approximate surface area is 92.5 Å². The third kappa shape index (κ3) is 2.52. The van der Waals surface area contributed by atoms with Gasteiger partial charge in [-0.2, -0.15) is 0 Å². The van der Waals surface area contributed by atoms with Gasteiger partial charge < -0.3 is 9.47 Å². The molecule has 2 fully saturated rings. The lowest BCUT2D eigenvalue weighted by atomic mass is 9.89. The van der Waals surface area contributed by atoms with E-state index in [-0.39, 0.29) is 17.2 Å². The van der Waals surface area contributed by atoms with E-state index in [0.29, 0.717) is 0 Å². The van der Waals surface area contributed by atoms with Crippen molar-refractivity contribution < 1.29 is 9.47 Å². The second-order valence-corrected chi connectivity index (χ2v) is 5.77. The molecule has 3 heteroatoms. The molecule has 2 aliphatic rings. The van der Waals surface area contributed by atoms with E-state index >= 15 is 0 Å². The number of ether oxygens (including phenoxy) is 2. The zero-order valence-electron chi connectivity index (χ0n) is 10.1. The highest BCUT2D eigenvalue weighted by Crippen LogP contribution is 2.31. The molecular weight excluding hydrogens is 190 g/mol. The number of hydrogen-bond acceptors (Lipinski definition) is 3. The third-order valence-corrected chi connectivity index (χ3v) is 3.47. The van der Waals surface area contributed by atoms with Crippen molar-refractivity contribution in [3.05, 3.63) is 0 Å². The summed E-state index contributed by atoms with van der Waals surface area (Å²) >= 11 is 0. The van der Waals surface area contributed by atoms with E-state index in [1.807, 2.05) is 0 Å². The monoisotopic (exact) mass is 213 g/mol. The molecule has 3 nitrogen and oxygen atoms in total. The normalized spacial score (nSPS) is 41.4. The predicted octanol–water partition coefficient (Wildman–Crippen LogP) is 1.92. The zero-order chi connectivity index (χ0) is 10.9. The molecule has 0 aromatic rings. The summed E-state index contributed by atoms with van der Waals surface area (Å²) in [4.78, 5) is 0. The molecule has 2 unspecified atom stereocenters. The van der Waals surface area contributed by atoms with Gasteiger partial charge in [-0.25, -0.2) is 0 Å². The van der Waals surface area contributed by atoms with Crippen LogP contribution in [0.1, 0.15) is 40.0 Å². The molecule has 2 aliphatic heterocycles. The van der Waals surface area contributed by atoms with Gasteiger partial charge in [0, 0.05) is 18.6 Å². The standard InChI is InChI=1S/C12H23NO2/c1-11(2)8-13-12(3,15-9-11)10-6-4-5-7-14-10/h10,13H,4-9H2,1-3H3. The van der Waals surface area contributed by atoms with Crippen molar-refractivity contribution in [1.82, 2.24) is 5.32 Å². The first-order chi connectivity index (χ1) is 7.02. The lowest BCUT2D eigenvalue weighted by molar-refractivity contribution is -0.203. The van der Waals surface area contributed by atoms with Crippen molar-refractivity contribution >= 4 is 0 Å². The summed E-state index contributed by atoms with van der Waals surface area (Å²) in [5.41, 5.74) is -0.0237. The fourth-order valence-electron chi connectivity index (χ4n) is 2.24. The van der Waals surface area contributed by atoms with Crippen LogP contribution in [0.25, 0.3) is 0 Å². The van der Waals surface area contributed by atoms with E-state index < -0.39 is 0 Å². The van der Waals surface area contributed by atoms with Crippen LogP contribution in [0.3, 0.4) is 0 Å². The molecule has 0 radical (unpaired) electrons. The topological polar surface area (TPSA) is 30.5 Å². The maximum absolute atomic E-state index is 5.98. The molecule has 0 spiro atoms. The van der Waals surface area contributed by atoms with Gasteiger partial charge in [-0.1, -0.05) is 13.8 Å². The Hall–Kier alpha value is -0.120. The average molecular weight is 213 g/mol. The molecule has 2 saturated heterocycles. The van der Waals surface area contributed by atoms with Gasteiger partial charge in [-0.05, 0) is 26.2 Å². The van der Waals surface area contributed by atoms with E-state index in [4.69, 9.17) is 9.47 Å². The predicted molar refractivity (Wildman–Crippen MR) is 59.7 cm³/mol. The van der Waals surface area contributed by atoms with Crippen LogP contribution >= 0.6 is 0 Å². The Morgan fingerprint density at radius 2 is 2.00 bits per heavy atom. The molecule has 0 aromatic carbocycles. The summed E-state index contributed by atoms with van der Waals surface area (Å²) in [6.07, 6.45) is 3.79. The Balaban J connectivity index is 1.95. The Morgan fingerprint density at radius 3 is 2.53 bits per heavy atom. The van der Waals surface area contributed by atoms with Gasteiger partial charge in [0.1, 0.15) is 5.72 Å². The van der Waals surface area contributed by atoms with Crippen LogP contribution in [-0.4, -0.2) is 31.6 Å². The maximum Gasteiger partial charge on any atom is 0.142 e. The lowest BCUT2D eigenvalue weighted by Gasteiger charge is -2.47. The zero-order valence-corrected chi connectivity index (χ0v) is 10.1. The minimum Gasteiger partial charge on any atom is -0.374 e. The summed E-state index contributed by atoms with van der Waals surface area (Å²) < 4.78 is 11.8. The van der Waals surface area contributed by atoms with Gasteiger partial charge in [-0.3, -0.25) is 5.32 Å². The average Bonchev–Trinajstić information content (AvgIpc) is 2.24. The van der Waals surface area contributed by atoms with E-state index in [1.54, 1.807) is 0 Å². The van der Waals surface area contributed by atoms with Crippen molar-refractivity contribution in [2.45, 2.75) is 51.9 Å². The quantitative estimate of drug-likeness (QED) is 0.722. The Bertz CT molecular complexity index is 212. The third-order valence-electron chi connectivity index (χ3n) is 3.47. The van der Waals surface area contributed by atoms with E-state index in [1.165, 1.54) is 12.8 Å². The van der Waals surface area contributed by atoms with Crippen LogP contribution in [0.4, 0.5) is 0 Å². The lowest BCUT2D eigenvalue weighted by Crippen LogP contribution is -2.62. The molecule has 0 aromatic heterocycles. The summed E-state index contributed by atoms with van der Waals surface area (Å²) in [5, 5.41) is 3.51. The highest BCUT2D eigenvalue weighted by Gasteiger charge is 2.42. The molecule has 1 N–H and O–H groups in total. The smallest absolute Gasteiger partial charge is 0.142 e. The molecule has 2 atom stereocenters. The van der Waals surface area contributed by atoms with E-state index in [9.17, 15) is 0 Å². The van der Waals surface area contributed by atoms with Gasteiger partial charge in [0.15, 0.2) is 0 Å². The summed E-state index contributed by atoms with van der Waals surface area (Å²) in [5.74, 6) is 0. The molecule has 0 amide bonds. The molecule has 0 bridgehead atoms. The summed E-state index contributed by atoms with van der Waals surface area (Å²) in [7, 11) is 0. The van der Waals surface area contributed by atoms with Crippen molar-refractivity contribution in [2.75, 3.05) is 19.8 Å². The maximum atomic E-state index is 5.98. The minimum absolute atomic E-state index is 0.224. The summed E-state index contributed by atoms with van der Waals surface area (Å²) in [6.45, 7) is 9.27. The first-order valence-electron chi connectivity index (χ1n) is 6.02. The fourth-order valence-corrected chi connectivity index (χ4v) is 2.24. The van der Waals surface area contributed by atoms with Gasteiger partial charge >= 0.3 is 0 Å². The van der Waals surface area contributed by atoms with Crippen molar-refractivity contribution in [3.8, 4) is 0 Å². The van der Waals surface area contributed by atoms with E-state index in [2.05, 4.69) is 26.1 Å². The highest BCUT2D eigenvalue weighted by molar-refractivity contribution is 4.91. The summed E-state index contributed by atoms with van der Waals surface area (Å²) in [6, 6.07) is 0.